The Labute approximate surface area is 167 Å². The number of hydrogen-bond donors (Lipinski definition) is 2. The Balaban J connectivity index is 1.48. The number of amides is 1. The molecule has 140 valence electrons. The largest absolute Gasteiger partial charge is 0.497 e. The van der Waals surface area contributed by atoms with Crippen LogP contribution in [0.3, 0.4) is 0 Å². The summed E-state index contributed by atoms with van der Waals surface area (Å²) in [4.78, 5) is 20.7. The molecule has 0 radical (unpaired) electrons. The number of nitrogens with one attached hydrogen (secondary N) is 2. The SMILES string of the molecule is COc1ccc(-c2cnc(-c3cccc(CNC(=O)c4cccs4)c3)[nH]2)cc1. The van der Waals surface area contributed by atoms with Gasteiger partial charge >= 0.3 is 0 Å². The maximum absolute atomic E-state index is 12.1. The van der Waals surface area contributed by atoms with Gasteiger partial charge in [0.05, 0.1) is 23.9 Å². The zero-order valence-electron chi connectivity index (χ0n) is 15.3. The summed E-state index contributed by atoms with van der Waals surface area (Å²) >= 11 is 1.43. The number of rotatable bonds is 6. The first kappa shape index (κ1) is 18.0. The minimum atomic E-state index is -0.0554. The third-order valence-electron chi connectivity index (χ3n) is 4.38. The van der Waals surface area contributed by atoms with Crippen LogP contribution in [0.4, 0.5) is 0 Å². The molecule has 4 rings (SSSR count). The van der Waals surface area contributed by atoms with Gasteiger partial charge in [0.2, 0.25) is 0 Å². The molecule has 6 heteroatoms. The smallest absolute Gasteiger partial charge is 0.261 e. The summed E-state index contributed by atoms with van der Waals surface area (Å²) < 4.78 is 5.20. The fourth-order valence-electron chi connectivity index (χ4n) is 2.89. The second-order valence-corrected chi connectivity index (χ2v) is 7.18. The molecule has 28 heavy (non-hydrogen) atoms. The van der Waals surface area contributed by atoms with Gasteiger partial charge in [-0.25, -0.2) is 4.98 Å². The van der Waals surface area contributed by atoms with Gasteiger partial charge in [-0.15, -0.1) is 11.3 Å². The number of thiophene rings is 1. The van der Waals surface area contributed by atoms with E-state index >= 15 is 0 Å². The number of carbonyl (C=O) groups excluding carboxylic acids is 1. The molecule has 0 saturated carbocycles. The van der Waals surface area contributed by atoms with Crippen LogP contribution in [0.5, 0.6) is 5.75 Å². The third-order valence-corrected chi connectivity index (χ3v) is 5.24. The Morgan fingerprint density at radius 1 is 1.11 bits per heavy atom. The van der Waals surface area contributed by atoms with Crippen LogP contribution in [0.15, 0.2) is 72.2 Å². The monoisotopic (exact) mass is 389 g/mol. The molecule has 2 aromatic carbocycles. The highest BCUT2D eigenvalue weighted by Crippen LogP contribution is 2.24. The highest BCUT2D eigenvalue weighted by Gasteiger charge is 2.09. The number of carbonyl (C=O) groups is 1. The van der Waals surface area contributed by atoms with E-state index in [9.17, 15) is 4.79 Å². The molecule has 2 aromatic heterocycles. The van der Waals surface area contributed by atoms with E-state index in [1.165, 1.54) is 11.3 Å². The number of benzene rings is 2. The summed E-state index contributed by atoms with van der Waals surface area (Å²) in [6.45, 7) is 0.469. The molecule has 0 atom stereocenters. The van der Waals surface area contributed by atoms with Crippen molar-refractivity contribution in [1.29, 1.82) is 0 Å². The Bertz CT molecular complexity index is 1070. The maximum Gasteiger partial charge on any atom is 0.261 e. The Hall–Kier alpha value is -3.38. The summed E-state index contributed by atoms with van der Waals surface area (Å²) in [6.07, 6.45) is 1.82. The predicted octanol–water partition coefficient (Wildman–Crippen LogP) is 4.74. The first-order valence-electron chi connectivity index (χ1n) is 8.83. The average molecular weight is 389 g/mol. The van der Waals surface area contributed by atoms with Crippen molar-refractivity contribution in [3.8, 4) is 28.4 Å². The van der Waals surface area contributed by atoms with Crippen LogP contribution in [0, 0.1) is 0 Å². The van der Waals surface area contributed by atoms with Crippen LogP contribution in [0.1, 0.15) is 15.2 Å². The highest BCUT2D eigenvalue weighted by atomic mass is 32.1. The molecule has 4 aromatic rings. The summed E-state index contributed by atoms with van der Waals surface area (Å²) in [5.41, 5.74) is 3.97. The molecule has 5 nitrogen and oxygen atoms in total. The maximum atomic E-state index is 12.1. The molecule has 0 aliphatic rings. The molecule has 0 aliphatic heterocycles. The first-order chi connectivity index (χ1) is 13.7. The van der Waals surface area contributed by atoms with Gasteiger partial charge < -0.3 is 15.0 Å². The van der Waals surface area contributed by atoms with Crippen molar-refractivity contribution in [2.45, 2.75) is 6.54 Å². The van der Waals surface area contributed by atoms with Crippen LogP contribution in [0.25, 0.3) is 22.6 Å². The van der Waals surface area contributed by atoms with Crippen LogP contribution in [0.2, 0.25) is 0 Å². The quantitative estimate of drug-likeness (QED) is 0.500. The van der Waals surface area contributed by atoms with E-state index in [-0.39, 0.29) is 5.91 Å². The molecule has 2 heterocycles. The van der Waals surface area contributed by atoms with Gasteiger partial charge in [0.15, 0.2) is 0 Å². The third kappa shape index (κ3) is 3.97. The van der Waals surface area contributed by atoms with E-state index in [1.807, 2.05) is 72.2 Å². The second kappa shape index (κ2) is 8.10. The fourth-order valence-corrected chi connectivity index (χ4v) is 3.53. The number of aromatic amines is 1. The lowest BCUT2D eigenvalue weighted by Crippen LogP contribution is -2.21. The van der Waals surface area contributed by atoms with Gasteiger partial charge in [-0.05, 0) is 52.9 Å². The van der Waals surface area contributed by atoms with Crippen LogP contribution >= 0.6 is 11.3 Å². The molecule has 0 saturated heterocycles. The number of imidazole rings is 1. The summed E-state index contributed by atoms with van der Waals surface area (Å²) in [5.74, 6) is 1.55. The summed E-state index contributed by atoms with van der Waals surface area (Å²) in [5, 5.41) is 4.85. The zero-order chi connectivity index (χ0) is 19.3. The van der Waals surface area contributed by atoms with E-state index in [2.05, 4.69) is 15.3 Å². The van der Waals surface area contributed by atoms with Crippen LogP contribution < -0.4 is 10.1 Å². The van der Waals surface area contributed by atoms with Crippen LogP contribution in [-0.2, 0) is 6.54 Å². The first-order valence-corrected chi connectivity index (χ1v) is 9.71. The highest BCUT2D eigenvalue weighted by molar-refractivity contribution is 7.12. The zero-order valence-corrected chi connectivity index (χ0v) is 16.1. The predicted molar refractivity (Wildman–Crippen MR) is 112 cm³/mol. The molecule has 1 amide bonds. The van der Waals surface area contributed by atoms with E-state index in [0.717, 1.165) is 34.0 Å². The second-order valence-electron chi connectivity index (χ2n) is 6.23. The molecule has 0 aliphatic carbocycles. The van der Waals surface area contributed by atoms with Gasteiger partial charge in [0.25, 0.3) is 5.91 Å². The number of aromatic nitrogens is 2. The lowest BCUT2D eigenvalue weighted by molar-refractivity contribution is 0.0955. The van der Waals surface area contributed by atoms with Gasteiger partial charge in [0.1, 0.15) is 11.6 Å². The van der Waals surface area contributed by atoms with E-state index in [0.29, 0.717) is 11.4 Å². The summed E-state index contributed by atoms with van der Waals surface area (Å²) in [7, 11) is 1.65. The van der Waals surface area contributed by atoms with Crippen molar-refractivity contribution in [1.82, 2.24) is 15.3 Å². The van der Waals surface area contributed by atoms with Crippen LogP contribution in [-0.4, -0.2) is 23.0 Å². The van der Waals surface area contributed by atoms with Crippen molar-refractivity contribution in [2.24, 2.45) is 0 Å². The molecule has 0 fully saturated rings. The topological polar surface area (TPSA) is 67.0 Å². The number of nitrogens with zero attached hydrogens (tertiary/aromatic N) is 1. The summed E-state index contributed by atoms with van der Waals surface area (Å²) in [6, 6.07) is 19.5. The van der Waals surface area contributed by atoms with Crippen molar-refractivity contribution < 1.29 is 9.53 Å². The molecular formula is C22H19N3O2S. The Morgan fingerprint density at radius 2 is 1.96 bits per heavy atom. The number of hydrogen-bond acceptors (Lipinski definition) is 4. The van der Waals surface area contributed by atoms with E-state index in [4.69, 9.17) is 4.74 Å². The molecule has 2 N–H and O–H groups in total. The average Bonchev–Trinajstić information content (AvgIpc) is 3.45. The fraction of sp³-hybridized carbons (Fsp3) is 0.0909. The normalized spacial score (nSPS) is 10.6. The van der Waals surface area contributed by atoms with E-state index in [1.54, 1.807) is 7.11 Å². The minimum Gasteiger partial charge on any atom is -0.497 e. The Morgan fingerprint density at radius 3 is 2.71 bits per heavy atom. The van der Waals surface area contributed by atoms with Crippen molar-refractivity contribution in [2.75, 3.05) is 7.11 Å². The standard InChI is InChI=1S/C22H19N3O2S/c1-27-18-9-7-16(8-10-18)19-14-23-21(25-19)17-5-2-4-15(12-17)13-24-22(26)20-6-3-11-28-20/h2-12,14H,13H2,1H3,(H,23,25)(H,24,26). The van der Waals surface area contributed by atoms with Gasteiger partial charge in [0, 0.05) is 12.1 Å². The molecule has 0 bridgehead atoms. The Kier molecular flexibility index (Phi) is 5.21. The number of methoxy groups -OCH3 is 1. The molecule has 0 unspecified atom stereocenters. The number of H-pyrrole nitrogens is 1. The molecule has 0 spiro atoms. The van der Waals surface area contributed by atoms with Gasteiger partial charge in [-0.3, -0.25) is 4.79 Å². The van der Waals surface area contributed by atoms with E-state index < -0.39 is 0 Å². The van der Waals surface area contributed by atoms with Crippen molar-refractivity contribution in [3.63, 3.8) is 0 Å². The molecular weight excluding hydrogens is 370 g/mol. The lowest BCUT2D eigenvalue weighted by Gasteiger charge is -2.06. The minimum absolute atomic E-state index is 0.0554. The van der Waals surface area contributed by atoms with Gasteiger partial charge in [-0.1, -0.05) is 24.3 Å². The lowest BCUT2D eigenvalue weighted by atomic mass is 10.1. The number of ether oxygens (including phenoxy) is 1. The van der Waals surface area contributed by atoms with Crippen molar-refractivity contribution >= 4 is 17.2 Å². The van der Waals surface area contributed by atoms with Gasteiger partial charge in [-0.2, -0.15) is 0 Å². The van der Waals surface area contributed by atoms with Crippen molar-refractivity contribution in [3.05, 3.63) is 82.7 Å².